The number of halogens is 1. The average Bonchev–Trinajstić information content (AvgIpc) is 3.24. The highest BCUT2D eigenvalue weighted by atomic mass is 127. The highest BCUT2D eigenvalue weighted by Crippen LogP contribution is 2.28. The Morgan fingerprint density at radius 3 is 2.36 bits per heavy atom. The summed E-state index contributed by atoms with van der Waals surface area (Å²) in [6.45, 7) is 0.497. The number of rotatable bonds is 5. The van der Waals surface area contributed by atoms with Crippen molar-refractivity contribution in [3.63, 3.8) is 0 Å². The van der Waals surface area contributed by atoms with Gasteiger partial charge in [0.15, 0.2) is 0 Å². The van der Waals surface area contributed by atoms with E-state index in [1.807, 2.05) is 54.6 Å². The lowest BCUT2D eigenvalue weighted by Crippen LogP contribution is -2.23. The molecule has 0 aliphatic heterocycles. The number of nitrogens with one attached hydrogen (secondary N) is 1. The number of carbonyl (C=O) groups is 1. The summed E-state index contributed by atoms with van der Waals surface area (Å²) in [6, 6.07) is 26.0. The van der Waals surface area contributed by atoms with Crippen LogP contribution in [0.2, 0.25) is 0 Å². The van der Waals surface area contributed by atoms with Crippen LogP contribution in [0.5, 0.6) is 0 Å². The molecule has 4 rings (SSSR count). The van der Waals surface area contributed by atoms with Gasteiger partial charge in [0, 0.05) is 26.6 Å². The zero-order chi connectivity index (χ0) is 19.3. The topological polar surface area (TPSA) is 42.0 Å². The van der Waals surface area contributed by atoms with Crippen molar-refractivity contribution in [1.82, 2.24) is 10.3 Å². The second-order valence-electron chi connectivity index (χ2n) is 6.26. The van der Waals surface area contributed by atoms with Crippen LogP contribution in [0, 0.1) is 3.57 Å². The number of nitrogens with zero attached hydrogens (tertiary/aromatic N) is 1. The quantitative estimate of drug-likeness (QED) is 0.344. The first-order valence-corrected chi connectivity index (χ1v) is 10.8. The molecule has 138 valence electrons. The first-order valence-electron chi connectivity index (χ1n) is 8.84. The van der Waals surface area contributed by atoms with Gasteiger partial charge in [0.1, 0.15) is 5.01 Å². The summed E-state index contributed by atoms with van der Waals surface area (Å²) < 4.78 is 0.950. The molecule has 3 aromatic carbocycles. The summed E-state index contributed by atoms with van der Waals surface area (Å²) in [5, 5.41) is 6.06. The number of hydrogen-bond acceptors (Lipinski definition) is 3. The molecule has 0 bridgehead atoms. The lowest BCUT2D eigenvalue weighted by atomic mass is 10.1. The molecule has 3 nitrogen and oxygen atoms in total. The van der Waals surface area contributed by atoms with E-state index in [0.29, 0.717) is 12.1 Å². The Hall–Kier alpha value is -2.51. The van der Waals surface area contributed by atoms with Gasteiger partial charge in [0.05, 0.1) is 11.3 Å². The van der Waals surface area contributed by atoms with Gasteiger partial charge in [0.25, 0.3) is 5.91 Å². The number of thiazole rings is 1. The lowest BCUT2D eigenvalue weighted by Gasteiger charge is -2.07. The molecule has 1 aromatic heterocycles. The Morgan fingerprint density at radius 1 is 0.893 bits per heavy atom. The van der Waals surface area contributed by atoms with Crippen LogP contribution in [0.3, 0.4) is 0 Å². The molecule has 5 heteroatoms. The van der Waals surface area contributed by atoms with Gasteiger partial charge in [-0.15, -0.1) is 11.3 Å². The van der Waals surface area contributed by atoms with Gasteiger partial charge in [0.2, 0.25) is 0 Å². The minimum Gasteiger partial charge on any atom is -0.348 e. The molecule has 1 heterocycles. The fourth-order valence-corrected chi connectivity index (χ4v) is 4.30. The zero-order valence-corrected chi connectivity index (χ0v) is 17.9. The molecule has 0 aliphatic rings. The number of aromatic nitrogens is 1. The van der Waals surface area contributed by atoms with Crippen molar-refractivity contribution < 1.29 is 4.79 Å². The maximum absolute atomic E-state index is 12.3. The van der Waals surface area contributed by atoms with E-state index in [4.69, 9.17) is 4.98 Å². The predicted molar refractivity (Wildman–Crippen MR) is 123 cm³/mol. The van der Waals surface area contributed by atoms with Gasteiger partial charge in [-0.25, -0.2) is 4.98 Å². The van der Waals surface area contributed by atoms with Gasteiger partial charge in [-0.3, -0.25) is 4.79 Å². The number of amides is 1. The summed E-state index contributed by atoms with van der Waals surface area (Å²) in [7, 11) is 0. The average molecular weight is 496 g/mol. The van der Waals surface area contributed by atoms with Crippen LogP contribution >= 0.6 is 33.9 Å². The Morgan fingerprint density at radius 2 is 1.61 bits per heavy atom. The van der Waals surface area contributed by atoms with Crippen LogP contribution in [0.25, 0.3) is 21.8 Å². The fourth-order valence-electron chi connectivity index (χ4n) is 2.84. The van der Waals surface area contributed by atoms with Crippen molar-refractivity contribution >= 4 is 39.8 Å². The molecule has 4 aromatic rings. The third kappa shape index (κ3) is 4.31. The second-order valence-corrected chi connectivity index (χ2v) is 8.28. The van der Waals surface area contributed by atoms with Crippen LogP contribution in [0.1, 0.15) is 15.9 Å². The summed E-state index contributed by atoms with van der Waals surface area (Å²) in [4.78, 5) is 17.1. The molecule has 0 saturated carbocycles. The minimum atomic E-state index is -0.0542. The minimum absolute atomic E-state index is 0.0542. The second kappa shape index (κ2) is 8.67. The fraction of sp³-hybridized carbons (Fsp3) is 0.0435. The van der Waals surface area contributed by atoms with Crippen molar-refractivity contribution in [1.29, 1.82) is 0 Å². The van der Waals surface area contributed by atoms with E-state index in [1.54, 1.807) is 11.3 Å². The van der Waals surface area contributed by atoms with Gasteiger partial charge < -0.3 is 5.32 Å². The lowest BCUT2D eigenvalue weighted by molar-refractivity contribution is 0.0950. The Kier molecular flexibility index (Phi) is 5.83. The predicted octanol–water partition coefficient (Wildman–Crippen LogP) is 6.01. The van der Waals surface area contributed by atoms with Crippen LogP contribution < -0.4 is 5.32 Å². The third-order valence-electron chi connectivity index (χ3n) is 4.35. The van der Waals surface area contributed by atoms with E-state index >= 15 is 0 Å². The molecule has 0 atom stereocenters. The van der Waals surface area contributed by atoms with Gasteiger partial charge >= 0.3 is 0 Å². The highest BCUT2D eigenvalue weighted by Gasteiger charge is 2.09. The van der Waals surface area contributed by atoms with Gasteiger partial charge in [-0.05, 0) is 40.3 Å². The van der Waals surface area contributed by atoms with Crippen molar-refractivity contribution in [3.05, 3.63) is 98.9 Å². The Bertz CT molecular complexity index is 1090. The van der Waals surface area contributed by atoms with E-state index < -0.39 is 0 Å². The molecule has 1 amide bonds. The molecule has 1 N–H and O–H groups in total. The molecule has 0 saturated heterocycles. The largest absolute Gasteiger partial charge is 0.348 e. The molecule has 0 radical (unpaired) electrons. The van der Waals surface area contributed by atoms with E-state index in [2.05, 4.69) is 57.6 Å². The smallest absolute Gasteiger partial charge is 0.252 e. The van der Waals surface area contributed by atoms with Crippen molar-refractivity contribution in [3.8, 4) is 21.8 Å². The monoisotopic (exact) mass is 496 g/mol. The van der Waals surface area contributed by atoms with Crippen LogP contribution in [0.4, 0.5) is 0 Å². The van der Waals surface area contributed by atoms with E-state index in [-0.39, 0.29) is 5.91 Å². The van der Waals surface area contributed by atoms with Crippen molar-refractivity contribution in [2.24, 2.45) is 0 Å². The first kappa shape index (κ1) is 18.8. The number of benzene rings is 3. The molecule has 0 fully saturated rings. The van der Waals surface area contributed by atoms with Crippen molar-refractivity contribution in [2.45, 2.75) is 6.54 Å². The van der Waals surface area contributed by atoms with E-state index in [1.165, 1.54) is 0 Å². The van der Waals surface area contributed by atoms with Gasteiger partial charge in [-0.2, -0.15) is 0 Å². The Balaban J connectivity index is 1.42. The molecule has 0 unspecified atom stereocenters. The maximum Gasteiger partial charge on any atom is 0.252 e. The SMILES string of the molecule is O=C(NCc1ccc(-c2nc(-c3ccccc3)cs2)cc1)c1ccccc1I. The van der Waals surface area contributed by atoms with Crippen LogP contribution in [-0.2, 0) is 6.54 Å². The van der Waals surface area contributed by atoms with Crippen LogP contribution in [-0.4, -0.2) is 10.9 Å². The molecule has 28 heavy (non-hydrogen) atoms. The first-order chi connectivity index (χ1) is 13.7. The normalized spacial score (nSPS) is 10.6. The molecular formula is C23H17IN2OS. The summed E-state index contributed by atoms with van der Waals surface area (Å²) in [6.07, 6.45) is 0. The maximum atomic E-state index is 12.3. The molecule has 0 aliphatic carbocycles. The van der Waals surface area contributed by atoms with E-state index in [9.17, 15) is 4.79 Å². The molecular weight excluding hydrogens is 479 g/mol. The Labute approximate surface area is 181 Å². The van der Waals surface area contributed by atoms with Gasteiger partial charge in [-0.1, -0.05) is 66.7 Å². The molecule has 0 spiro atoms. The van der Waals surface area contributed by atoms with E-state index in [0.717, 1.165) is 31.0 Å². The van der Waals surface area contributed by atoms with Crippen molar-refractivity contribution in [2.75, 3.05) is 0 Å². The third-order valence-corrected chi connectivity index (χ3v) is 6.18. The summed E-state index contributed by atoms with van der Waals surface area (Å²) >= 11 is 3.82. The number of hydrogen-bond donors (Lipinski definition) is 1. The summed E-state index contributed by atoms with van der Waals surface area (Å²) in [5.41, 5.74) is 4.97. The zero-order valence-electron chi connectivity index (χ0n) is 14.9. The highest BCUT2D eigenvalue weighted by molar-refractivity contribution is 14.1. The summed E-state index contributed by atoms with van der Waals surface area (Å²) in [5.74, 6) is -0.0542. The standard InChI is InChI=1S/C23H17IN2OS/c24-20-9-5-4-8-19(20)22(27)25-14-16-10-12-18(13-11-16)23-26-21(15-28-23)17-6-2-1-3-7-17/h1-13,15H,14H2,(H,25,27). The number of carbonyl (C=O) groups excluding carboxylic acids is 1. The van der Waals surface area contributed by atoms with Crippen LogP contribution in [0.15, 0.2) is 84.2 Å².